The monoisotopic (exact) mass is 318 g/mol. The molecule has 1 unspecified atom stereocenters. The molecule has 0 saturated heterocycles. The zero-order valence-corrected chi connectivity index (χ0v) is 13.9. The molecule has 5 heteroatoms. The Morgan fingerprint density at radius 1 is 1.13 bits per heavy atom. The number of ether oxygens (including phenoxy) is 2. The van der Waals surface area contributed by atoms with E-state index in [1.54, 1.807) is 0 Å². The van der Waals surface area contributed by atoms with E-state index in [9.17, 15) is 4.79 Å². The number of fused-ring (bicyclic) bond motifs is 1. The van der Waals surface area contributed by atoms with Crippen molar-refractivity contribution < 1.29 is 14.3 Å². The molecule has 2 N–H and O–H groups in total. The molecule has 3 rings (SSSR count). The molecule has 0 aromatic heterocycles. The Hall–Kier alpha value is -1.91. The van der Waals surface area contributed by atoms with Crippen LogP contribution in [0.1, 0.15) is 51.1 Å². The van der Waals surface area contributed by atoms with Gasteiger partial charge in [-0.2, -0.15) is 0 Å². The molecule has 1 fully saturated rings. The molecular formula is C18H26N2O3. The van der Waals surface area contributed by atoms with Gasteiger partial charge in [-0.25, -0.2) is 4.79 Å². The van der Waals surface area contributed by atoms with Crippen molar-refractivity contribution in [1.82, 2.24) is 10.6 Å². The third-order valence-electron chi connectivity index (χ3n) is 4.76. The van der Waals surface area contributed by atoms with Gasteiger partial charge in [-0.3, -0.25) is 0 Å². The van der Waals surface area contributed by atoms with Crippen molar-refractivity contribution in [2.24, 2.45) is 5.92 Å². The summed E-state index contributed by atoms with van der Waals surface area (Å²) in [5, 5.41) is 6.11. The SMILES string of the molecule is CC1CCC(NC(=O)NC(C)c2ccc3c(c2)OCCO3)CC1. The number of hydrogen-bond acceptors (Lipinski definition) is 3. The van der Waals surface area contributed by atoms with Crippen LogP contribution in [0, 0.1) is 5.92 Å². The second kappa shape index (κ2) is 7.11. The highest BCUT2D eigenvalue weighted by molar-refractivity contribution is 5.74. The lowest BCUT2D eigenvalue weighted by Gasteiger charge is -2.27. The average molecular weight is 318 g/mol. The maximum atomic E-state index is 12.2. The third-order valence-corrected chi connectivity index (χ3v) is 4.76. The van der Waals surface area contributed by atoms with Crippen LogP contribution in [0.15, 0.2) is 18.2 Å². The van der Waals surface area contributed by atoms with Crippen molar-refractivity contribution in [1.29, 1.82) is 0 Å². The Morgan fingerprint density at radius 2 is 1.83 bits per heavy atom. The van der Waals surface area contributed by atoms with E-state index >= 15 is 0 Å². The van der Waals surface area contributed by atoms with Gasteiger partial charge in [0.2, 0.25) is 0 Å². The maximum absolute atomic E-state index is 12.2. The van der Waals surface area contributed by atoms with Crippen LogP contribution in [0.4, 0.5) is 4.79 Å². The van der Waals surface area contributed by atoms with E-state index in [1.165, 1.54) is 12.8 Å². The first-order valence-electron chi connectivity index (χ1n) is 8.58. The largest absolute Gasteiger partial charge is 0.486 e. The molecule has 1 aliphatic carbocycles. The minimum Gasteiger partial charge on any atom is -0.486 e. The summed E-state index contributed by atoms with van der Waals surface area (Å²) in [5.74, 6) is 2.31. The fourth-order valence-electron chi connectivity index (χ4n) is 3.24. The average Bonchev–Trinajstić information content (AvgIpc) is 2.56. The molecule has 0 spiro atoms. The van der Waals surface area contributed by atoms with E-state index < -0.39 is 0 Å². The van der Waals surface area contributed by atoms with Crippen molar-refractivity contribution >= 4 is 6.03 Å². The Balaban J connectivity index is 1.54. The first-order valence-corrected chi connectivity index (χ1v) is 8.58. The molecule has 126 valence electrons. The molecule has 1 aromatic carbocycles. The van der Waals surface area contributed by atoms with E-state index in [0.717, 1.165) is 35.8 Å². The van der Waals surface area contributed by atoms with Gasteiger partial charge in [-0.05, 0) is 56.2 Å². The Kier molecular flexibility index (Phi) is 4.94. The van der Waals surface area contributed by atoms with E-state index in [0.29, 0.717) is 19.3 Å². The number of carbonyl (C=O) groups is 1. The van der Waals surface area contributed by atoms with Gasteiger partial charge in [-0.15, -0.1) is 0 Å². The number of nitrogens with one attached hydrogen (secondary N) is 2. The van der Waals surface area contributed by atoms with Crippen LogP contribution < -0.4 is 20.1 Å². The van der Waals surface area contributed by atoms with Crippen molar-refractivity contribution in [3.05, 3.63) is 23.8 Å². The van der Waals surface area contributed by atoms with Crippen LogP contribution in [-0.4, -0.2) is 25.3 Å². The smallest absolute Gasteiger partial charge is 0.315 e. The van der Waals surface area contributed by atoms with Gasteiger partial charge in [0.05, 0.1) is 6.04 Å². The van der Waals surface area contributed by atoms with Gasteiger partial charge < -0.3 is 20.1 Å². The highest BCUT2D eigenvalue weighted by atomic mass is 16.6. The zero-order valence-electron chi connectivity index (χ0n) is 13.9. The summed E-state index contributed by atoms with van der Waals surface area (Å²) in [6.07, 6.45) is 4.55. The summed E-state index contributed by atoms with van der Waals surface area (Å²) in [7, 11) is 0. The molecule has 2 amide bonds. The molecule has 1 heterocycles. The van der Waals surface area contributed by atoms with E-state index in [1.807, 2.05) is 25.1 Å². The van der Waals surface area contributed by atoms with Crippen molar-refractivity contribution in [3.63, 3.8) is 0 Å². The number of urea groups is 1. The second-order valence-electron chi connectivity index (χ2n) is 6.70. The van der Waals surface area contributed by atoms with Crippen LogP contribution in [0.5, 0.6) is 11.5 Å². The molecule has 2 aliphatic rings. The molecular weight excluding hydrogens is 292 g/mol. The second-order valence-corrected chi connectivity index (χ2v) is 6.70. The van der Waals surface area contributed by atoms with Crippen LogP contribution in [-0.2, 0) is 0 Å². The lowest BCUT2D eigenvalue weighted by Crippen LogP contribution is -2.44. The normalized spacial score (nSPS) is 24.6. The maximum Gasteiger partial charge on any atom is 0.315 e. The minimum atomic E-state index is -0.0908. The summed E-state index contributed by atoms with van der Waals surface area (Å²) in [6, 6.07) is 5.96. The lowest BCUT2D eigenvalue weighted by atomic mass is 9.87. The standard InChI is InChI=1S/C18H26N2O3/c1-12-3-6-15(7-4-12)20-18(21)19-13(2)14-5-8-16-17(11-14)23-10-9-22-16/h5,8,11-13,15H,3-4,6-7,9-10H2,1-2H3,(H2,19,20,21). The number of rotatable bonds is 3. The fraction of sp³-hybridized carbons (Fsp3) is 0.611. The predicted octanol–water partition coefficient (Wildman–Crippen LogP) is 3.40. The molecule has 5 nitrogen and oxygen atoms in total. The molecule has 1 atom stereocenters. The molecule has 0 bridgehead atoms. The molecule has 1 aromatic rings. The number of carbonyl (C=O) groups excluding carboxylic acids is 1. The summed E-state index contributed by atoms with van der Waals surface area (Å²) >= 11 is 0. The van der Waals surface area contributed by atoms with Gasteiger partial charge >= 0.3 is 6.03 Å². The van der Waals surface area contributed by atoms with Crippen molar-refractivity contribution in [2.75, 3.05) is 13.2 Å². The summed E-state index contributed by atoms with van der Waals surface area (Å²) < 4.78 is 11.1. The van der Waals surface area contributed by atoms with Gasteiger partial charge in [0.25, 0.3) is 0 Å². The Labute approximate surface area is 137 Å². The van der Waals surface area contributed by atoms with Crippen LogP contribution in [0.25, 0.3) is 0 Å². The number of hydrogen-bond donors (Lipinski definition) is 2. The van der Waals surface area contributed by atoms with Crippen molar-refractivity contribution in [2.45, 2.75) is 51.6 Å². The zero-order chi connectivity index (χ0) is 16.2. The molecule has 1 aliphatic heterocycles. The van der Waals surface area contributed by atoms with E-state index in [-0.39, 0.29) is 12.1 Å². The first kappa shape index (κ1) is 16.0. The summed E-state index contributed by atoms with van der Waals surface area (Å²) in [6.45, 7) is 5.41. The third kappa shape index (κ3) is 4.09. The predicted molar refractivity (Wildman–Crippen MR) is 88.9 cm³/mol. The summed E-state index contributed by atoms with van der Waals surface area (Å²) in [4.78, 5) is 12.2. The Morgan fingerprint density at radius 3 is 2.57 bits per heavy atom. The Bertz CT molecular complexity index is 553. The van der Waals surface area contributed by atoms with E-state index in [4.69, 9.17) is 9.47 Å². The quantitative estimate of drug-likeness (QED) is 0.898. The van der Waals surface area contributed by atoms with Gasteiger partial charge in [0.1, 0.15) is 13.2 Å². The van der Waals surface area contributed by atoms with E-state index in [2.05, 4.69) is 17.6 Å². The number of amides is 2. The molecule has 1 saturated carbocycles. The number of benzene rings is 1. The molecule has 0 radical (unpaired) electrons. The topological polar surface area (TPSA) is 59.6 Å². The van der Waals surface area contributed by atoms with Crippen LogP contribution in [0.3, 0.4) is 0 Å². The highest BCUT2D eigenvalue weighted by Gasteiger charge is 2.21. The van der Waals surface area contributed by atoms with Crippen LogP contribution in [0.2, 0.25) is 0 Å². The minimum absolute atomic E-state index is 0.0756. The fourth-order valence-corrected chi connectivity index (χ4v) is 3.24. The summed E-state index contributed by atoms with van der Waals surface area (Å²) in [5.41, 5.74) is 1.02. The van der Waals surface area contributed by atoms with Gasteiger partial charge in [-0.1, -0.05) is 13.0 Å². The first-order chi connectivity index (χ1) is 11.1. The van der Waals surface area contributed by atoms with Crippen molar-refractivity contribution in [3.8, 4) is 11.5 Å². The van der Waals surface area contributed by atoms with Gasteiger partial charge in [0, 0.05) is 6.04 Å². The highest BCUT2D eigenvalue weighted by Crippen LogP contribution is 2.32. The molecule has 23 heavy (non-hydrogen) atoms. The van der Waals surface area contributed by atoms with Gasteiger partial charge in [0.15, 0.2) is 11.5 Å². The van der Waals surface area contributed by atoms with Crippen LogP contribution >= 0.6 is 0 Å². The lowest BCUT2D eigenvalue weighted by molar-refractivity contribution is 0.171.